The number of fused-ring (bicyclic) bond motifs is 1. The van der Waals surface area contributed by atoms with Crippen molar-refractivity contribution in [1.29, 1.82) is 0 Å². The summed E-state index contributed by atoms with van der Waals surface area (Å²) in [7, 11) is 1.73. The fourth-order valence-corrected chi connectivity index (χ4v) is 4.69. The van der Waals surface area contributed by atoms with Gasteiger partial charge in [0.2, 0.25) is 11.5 Å². The van der Waals surface area contributed by atoms with Gasteiger partial charge >= 0.3 is 0 Å². The largest absolute Gasteiger partial charge is 0.390 e. The molecule has 0 spiro atoms. The molecule has 154 valence electrons. The Morgan fingerprint density at radius 1 is 1.23 bits per heavy atom. The van der Waals surface area contributed by atoms with Crippen molar-refractivity contribution in [3.8, 4) is 11.4 Å². The summed E-state index contributed by atoms with van der Waals surface area (Å²) in [5.41, 5.74) is 2.46. The van der Waals surface area contributed by atoms with Crippen molar-refractivity contribution in [2.45, 2.75) is 24.0 Å². The van der Waals surface area contributed by atoms with Crippen molar-refractivity contribution in [2.24, 2.45) is 7.05 Å². The molecule has 3 atom stereocenters. The van der Waals surface area contributed by atoms with Crippen LogP contribution in [0.3, 0.4) is 0 Å². The van der Waals surface area contributed by atoms with Crippen LogP contribution in [0.1, 0.15) is 16.6 Å². The number of nitrogens with one attached hydrogen (secondary N) is 1. The summed E-state index contributed by atoms with van der Waals surface area (Å²) in [6.07, 6.45) is 1.78. The van der Waals surface area contributed by atoms with Gasteiger partial charge in [0.15, 0.2) is 11.6 Å². The van der Waals surface area contributed by atoms with E-state index in [1.54, 1.807) is 23.8 Å². The molecule has 1 saturated heterocycles. The molecule has 0 bridgehead atoms. The summed E-state index contributed by atoms with van der Waals surface area (Å²) >= 11 is 1.47. The third-order valence-corrected chi connectivity index (χ3v) is 6.30. The van der Waals surface area contributed by atoms with Crippen LogP contribution < -0.4 is 5.32 Å². The molecule has 0 unspecified atom stereocenters. The standard InChI is InChI=1S/C18H19N9O2S/c1-26-24-15(21-25-26)11-4-2-3-10(7-11)8-20-16-18-23-22-17(27(18)6-5-19-16)14-13(29)12(28)9-30-14/h2-7,12-14,28-29H,8-9H2,1H3,(H,19,20)/t12-,13-,14-/m1/s1. The summed E-state index contributed by atoms with van der Waals surface area (Å²) < 4.78 is 1.80. The number of tetrazole rings is 1. The zero-order valence-electron chi connectivity index (χ0n) is 16.0. The highest BCUT2D eigenvalue weighted by Gasteiger charge is 2.38. The van der Waals surface area contributed by atoms with E-state index in [-0.39, 0.29) is 5.25 Å². The third-order valence-electron chi connectivity index (χ3n) is 4.91. The SMILES string of the molecule is Cn1nnc(-c2cccc(CNc3nccn4c([C@@H]5SC[C@@H](O)[C@H]5O)nnc34)c2)n1. The van der Waals surface area contributed by atoms with E-state index in [9.17, 15) is 10.2 Å². The van der Waals surface area contributed by atoms with E-state index >= 15 is 0 Å². The van der Waals surface area contributed by atoms with E-state index in [0.717, 1.165) is 11.1 Å². The van der Waals surface area contributed by atoms with Gasteiger partial charge in [-0.3, -0.25) is 4.40 Å². The number of hydrogen-bond acceptors (Lipinski definition) is 10. The number of rotatable bonds is 5. The van der Waals surface area contributed by atoms with Crippen LogP contribution in [0.25, 0.3) is 17.0 Å². The lowest BCUT2D eigenvalue weighted by Gasteiger charge is -2.13. The Labute approximate surface area is 175 Å². The van der Waals surface area contributed by atoms with Crippen molar-refractivity contribution >= 4 is 23.2 Å². The Bertz CT molecular complexity index is 1190. The Morgan fingerprint density at radius 3 is 2.90 bits per heavy atom. The molecule has 30 heavy (non-hydrogen) atoms. The van der Waals surface area contributed by atoms with E-state index in [2.05, 4.69) is 35.9 Å². The molecule has 4 heterocycles. The lowest BCUT2D eigenvalue weighted by molar-refractivity contribution is 0.0404. The molecule has 3 N–H and O–H groups in total. The number of nitrogens with zero attached hydrogens (tertiary/aromatic N) is 8. The zero-order chi connectivity index (χ0) is 20.7. The summed E-state index contributed by atoms with van der Waals surface area (Å²) in [6, 6.07) is 7.86. The van der Waals surface area contributed by atoms with Gasteiger partial charge in [0, 0.05) is 30.3 Å². The van der Waals surface area contributed by atoms with Gasteiger partial charge in [-0.15, -0.1) is 32.2 Å². The number of aryl methyl sites for hydroxylation is 1. The van der Waals surface area contributed by atoms with Crippen molar-refractivity contribution < 1.29 is 10.2 Å². The molecule has 5 rings (SSSR count). The van der Waals surface area contributed by atoms with Gasteiger partial charge < -0.3 is 15.5 Å². The lowest BCUT2D eigenvalue weighted by atomic mass is 10.1. The Balaban J connectivity index is 1.38. The average Bonchev–Trinajstić information content (AvgIpc) is 3.46. The van der Waals surface area contributed by atoms with Crippen molar-refractivity contribution in [2.75, 3.05) is 11.1 Å². The van der Waals surface area contributed by atoms with Crippen LogP contribution in [0.4, 0.5) is 5.82 Å². The predicted octanol–water partition coefficient (Wildman–Crippen LogP) is 0.437. The second-order valence-electron chi connectivity index (χ2n) is 7.00. The van der Waals surface area contributed by atoms with Gasteiger partial charge in [-0.1, -0.05) is 18.2 Å². The Kier molecular flexibility index (Phi) is 4.81. The fourth-order valence-electron chi connectivity index (χ4n) is 3.40. The Hall–Kier alpha value is -3.09. The molecule has 12 heteroatoms. The van der Waals surface area contributed by atoms with Crippen LogP contribution in [0.5, 0.6) is 0 Å². The predicted molar refractivity (Wildman–Crippen MR) is 110 cm³/mol. The summed E-state index contributed by atoms with van der Waals surface area (Å²) in [6.45, 7) is 0.516. The van der Waals surface area contributed by atoms with Gasteiger partial charge in [0.25, 0.3) is 0 Å². The van der Waals surface area contributed by atoms with E-state index < -0.39 is 12.2 Å². The molecule has 0 aliphatic carbocycles. The second-order valence-corrected chi connectivity index (χ2v) is 8.17. The maximum atomic E-state index is 10.2. The quantitative estimate of drug-likeness (QED) is 0.412. The topological polar surface area (TPSA) is 139 Å². The first-order valence-corrected chi connectivity index (χ1v) is 10.4. The van der Waals surface area contributed by atoms with E-state index in [1.165, 1.54) is 16.6 Å². The van der Waals surface area contributed by atoms with Gasteiger partial charge in [0.1, 0.15) is 0 Å². The minimum absolute atomic E-state index is 0.332. The molecule has 3 aromatic heterocycles. The van der Waals surface area contributed by atoms with E-state index in [0.29, 0.717) is 35.4 Å². The molecule has 1 fully saturated rings. The van der Waals surface area contributed by atoms with Gasteiger partial charge in [-0.2, -0.15) is 4.80 Å². The number of aromatic nitrogens is 8. The maximum absolute atomic E-state index is 10.2. The summed E-state index contributed by atoms with van der Waals surface area (Å²) in [4.78, 5) is 5.81. The molecule has 0 radical (unpaired) electrons. The first-order valence-electron chi connectivity index (χ1n) is 9.35. The normalized spacial score (nSPS) is 21.4. The van der Waals surface area contributed by atoms with Crippen molar-refractivity contribution in [1.82, 2.24) is 39.8 Å². The highest BCUT2D eigenvalue weighted by atomic mass is 32.2. The molecular weight excluding hydrogens is 406 g/mol. The minimum Gasteiger partial charge on any atom is -0.390 e. The van der Waals surface area contributed by atoms with Crippen LogP contribution in [0.15, 0.2) is 36.7 Å². The van der Waals surface area contributed by atoms with Crippen LogP contribution in [0.2, 0.25) is 0 Å². The second kappa shape index (κ2) is 7.63. The van der Waals surface area contributed by atoms with E-state index in [1.807, 2.05) is 24.3 Å². The maximum Gasteiger partial charge on any atom is 0.204 e. The molecular formula is C18H19N9O2S. The van der Waals surface area contributed by atoms with Crippen LogP contribution in [-0.2, 0) is 13.6 Å². The summed E-state index contributed by atoms with van der Waals surface area (Å²) in [5, 5.41) is 43.7. The minimum atomic E-state index is -0.871. The molecule has 0 amide bonds. The monoisotopic (exact) mass is 425 g/mol. The van der Waals surface area contributed by atoms with E-state index in [4.69, 9.17) is 0 Å². The fraction of sp³-hybridized carbons (Fsp3) is 0.333. The number of benzene rings is 1. The number of hydrogen-bond donors (Lipinski definition) is 3. The third kappa shape index (κ3) is 3.38. The average molecular weight is 425 g/mol. The number of anilines is 1. The summed E-state index contributed by atoms with van der Waals surface area (Å²) in [5.74, 6) is 2.21. The molecule has 1 aliphatic heterocycles. The highest BCUT2D eigenvalue weighted by Crippen LogP contribution is 2.39. The van der Waals surface area contributed by atoms with Crippen LogP contribution in [-0.4, -0.2) is 68.0 Å². The number of aliphatic hydroxyl groups excluding tert-OH is 2. The zero-order valence-corrected chi connectivity index (χ0v) is 16.8. The molecule has 1 aliphatic rings. The van der Waals surface area contributed by atoms with Crippen LogP contribution in [0, 0.1) is 0 Å². The van der Waals surface area contributed by atoms with Gasteiger partial charge in [0.05, 0.1) is 24.5 Å². The molecule has 1 aromatic carbocycles. The number of aliphatic hydroxyl groups is 2. The van der Waals surface area contributed by atoms with Gasteiger partial charge in [-0.05, 0) is 16.8 Å². The number of thioether (sulfide) groups is 1. The lowest BCUT2D eigenvalue weighted by Crippen LogP contribution is -2.25. The molecule has 11 nitrogen and oxygen atoms in total. The first kappa shape index (κ1) is 18.9. The highest BCUT2D eigenvalue weighted by molar-refractivity contribution is 7.99. The smallest absolute Gasteiger partial charge is 0.204 e. The van der Waals surface area contributed by atoms with Crippen molar-refractivity contribution in [3.63, 3.8) is 0 Å². The molecule has 0 saturated carbocycles. The Morgan fingerprint density at radius 2 is 2.13 bits per heavy atom. The first-order chi connectivity index (χ1) is 14.6. The van der Waals surface area contributed by atoms with Gasteiger partial charge in [-0.25, -0.2) is 4.98 Å². The van der Waals surface area contributed by atoms with Crippen molar-refractivity contribution in [3.05, 3.63) is 48.0 Å². The van der Waals surface area contributed by atoms with Crippen LogP contribution >= 0.6 is 11.8 Å². The molecule has 4 aromatic rings.